The first-order chi connectivity index (χ1) is 15.0. The molecule has 2 aliphatic heterocycles. The molecule has 0 amide bonds. The lowest BCUT2D eigenvalue weighted by atomic mass is 9.76. The van der Waals surface area contributed by atoms with Gasteiger partial charge in [0.05, 0.1) is 19.8 Å². The zero-order chi connectivity index (χ0) is 22.1. The van der Waals surface area contributed by atoms with E-state index in [0.717, 1.165) is 50.2 Å². The van der Waals surface area contributed by atoms with Crippen molar-refractivity contribution in [2.75, 3.05) is 26.4 Å². The van der Waals surface area contributed by atoms with Crippen LogP contribution in [0.25, 0.3) is 0 Å². The largest absolute Gasteiger partial charge is 0.490 e. The van der Waals surface area contributed by atoms with E-state index in [2.05, 4.69) is 63.4 Å². The minimum Gasteiger partial charge on any atom is -0.490 e. The fourth-order valence-electron chi connectivity index (χ4n) is 3.52. The minimum absolute atomic E-state index is 0.0174. The van der Waals surface area contributed by atoms with Crippen molar-refractivity contribution in [2.45, 2.75) is 57.3 Å². The second-order valence-electron chi connectivity index (χ2n) is 8.54. The summed E-state index contributed by atoms with van der Waals surface area (Å²) >= 11 is 0. The number of allylic oxidation sites excluding steroid dienone is 5. The van der Waals surface area contributed by atoms with E-state index in [1.807, 2.05) is 12.2 Å². The van der Waals surface area contributed by atoms with Crippen molar-refractivity contribution in [1.82, 2.24) is 0 Å². The van der Waals surface area contributed by atoms with Crippen LogP contribution in [0.3, 0.4) is 0 Å². The Labute approximate surface area is 187 Å². The third-order valence-corrected chi connectivity index (χ3v) is 5.74. The summed E-state index contributed by atoms with van der Waals surface area (Å²) in [5, 5.41) is 0. The third-order valence-electron chi connectivity index (χ3n) is 5.74. The predicted molar refractivity (Wildman–Crippen MR) is 126 cm³/mol. The van der Waals surface area contributed by atoms with Gasteiger partial charge < -0.3 is 18.9 Å². The van der Waals surface area contributed by atoms with Gasteiger partial charge in [0.25, 0.3) is 0 Å². The molecule has 0 aliphatic carbocycles. The quantitative estimate of drug-likeness (QED) is 0.167. The van der Waals surface area contributed by atoms with Gasteiger partial charge in [-0.3, -0.25) is 0 Å². The van der Waals surface area contributed by atoms with Gasteiger partial charge in [-0.15, -0.1) is 13.2 Å². The molecule has 1 aromatic carbocycles. The van der Waals surface area contributed by atoms with Crippen LogP contribution in [0.1, 0.15) is 44.2 Å². The van der Waals surface area contributed by atoms with Crippen molar-refractivity contribution >= 4 is 0 Å². The SMILES string of the molecule is C=CC/C=C/C(=C\CCOC1CCO1)C(C)(C)c1ccc(OCC2CO2)c(CC=C)c1. The summed E-state index contributed by atoms with van der Waals surface area (Å²) in [6, 6.07) is 6.50. The van der Waals surface area contributed by atoms with Crippen LogP contribution in [0.15, 0.2) is 67.3 Å². The van der Waals surface area contributed by atoms with Crippen LogP contribution in [-0.2, 0) is 26.0 Å². The second-order valence-corrected chi connectivity index (χ2v) is 8.54. The molecule has 3 rings (SSSR count). The van der Waals surface area contributed by atoms with Crippen molar-refractivity contribution in [3.63, 3.8) is 0 Å². The van der Waals surface area contributed by atoms with Crippen LogP contribution in [0.4, 0.5) is 0 Å². The molecule has 2 atom stereocenters. The average Bonchev–Trinajstić information content (AvgIpc) is 3.54. The molecule has 4 heteroatoms. The Morgan fingerprint density at radius 1 is 1.23 bits per heavy atom. The summed E-state index contributed by atoms with van der Waals surface area (Å²) in [6.07, 6.45) is 14.2. The van der Waals surface area contributed by atoms with Gasteiger partial charge in [0, 0.05) is 11.8 Å². The normalized spacial score (nSPS) is 21.0. The molecule has 4 nitrogen and oxygen atoms in total. The van der Waals surface area contributed by atoms with Gasteiger partial charge in [-0.25, -0.2) is 0 Å². The molecular formula is C27H36O4. The fraction of sp³-hybridized carbons (Fsp3) is 0.481. The highest BCUT2D eigenvalue weighted by atomic mass is 16.7. The van der Waals surface area contributed by atoms with E-state index in [1.165, 1.54) is 11.1 Å². The topological polar surface area (TPSA) is 40.2 Å². The molecule has 2 heterocycles. The maximum absolute atomic E-state index is 6.00. The van der Waals surface area contributed by atoms with E-state index in [9.17, 15) is 0 Å². The number of rotatable bonds is 14. The molecule has 31 heavy (non-hydrogen) atoms. The Morgan fingerprint density at radius 3 is 2.68 bits per heavy atom. The van der Waals surface area contributed by atoms with E-state index >= 15 is 0 Å². The number of epoxide rings is 1. The Morgan fingerprint density at radius 2 is 2.03 bits per heavy atom. The van der Waals surface area contributed by atoms with Gasteiger partial charge in [-0.1, -0.05) is 56.4 Å². The van der Waals surface area contributed by atoms with E-state index in [1.54, 1.807) is 0 Å². The first-order valence-corrected chi connectivity index (χ1v) is 11.2. The Hall–Kier alpha value is -2.14. The van der Waals surface area contributed by atoms with E-state index in [-0.39, 0.29) is 17.8 Å². The van der Waals surface area contributed by atoms with Gasteiger partial charge >= 0.3 is 0 Å². The number of ether oxygens (including phenoxy) is 4. The lowest BCUT2D eigenvalue weighted by Crippen LogP contribution is -2.29. The highest BCUT2D eigenvalue weighted by Gasteiger charge is 2.26. The summed E-state index contributed by atoms with van der Waals surface area (Å²) in [5.74, 6) is 0.913. The molecule has 1 aromatic rings. The lowest BCUT2D eigenvalue weighted by Gasteiger charge is -2.29. The summed E-state index contributed by atoms with van der Waals surface area (Å²) in [6.45, 7) is 15.1. The summed E-state index contributed by atoms with van der Waals surface area (Å²) in [5.41, 5.74) is 3.49. The first-order valence-electron chi connectivity index (χ1n) is 11.2. The number of hydrogen-bond acceptors (Lipinski definition) is 4. The van der Waals surface area contributed by atoms with Crippen LogP contribution in [0.5, 0.6) is 5.75 Å². The molecule has 0 saturated carbocycles. The maximum atomic E-state index is 6.00. The molecule has 0 spiro atoms. The van der Waals surface area contributed by atoms with Crippen molar-refractivity contribution in [3.05, 3.63) is 78.4 Å². The number of hydrogen-bond donors (Lipinski definition) is 0. The van der Waals surface area contributed by atoms with E-state index < -0.39 is 0 Å². The van der Waals surface area contributed by atoms with Crippen molar-refractivity contribution < 1.29 is 18.9 Å². The first kappa shape index (κ1) is 23.5. The molecular weight excluding hydrogens is 388 g/mol. The van der Waals surface area contributed by atoms with E-state index in [0.29, 0.717) is 13.2 Å². The third kappa shape index (κ3) is 6.93. The van der Waals surface area contributed by atoms with Gasteiger partial charge in [0.15, 0.2) is 6.29 Å². The van der Waals surface area contributed by atoms with E-state index in [4.69, 9.17) is 18.9 Å². The number of benzene rings is 1. The predicted octanol–water partition coefficient (Wildman–Crippen LogP) is 5.68. The Balaban J connectivity index is 1.77. The zero-order valence-electron chi connectivity index (χ0n) is 19.0. The summed E-state index contributed by atoms with van der Waals surface area (Å²) < 4.78 is 22.4. The lowest BCUT2D eigenvalue weighted by molar-refractivity contribution is -0.213. The molecule has 0 N–H and O–H groups in total. The van der Waals surface area contributed by atoms with Crippen molar-refractivity contribution in [2.24, 2.45) is 0 Å². The van der Waals surface area contributed by atoms with Crippen LogP contribution in [0, 0.1) is 0 Å². The highest BCUT2D eigenvalue weighted by Crippen LogP contribution is 2.36. The Kier molecular flexibility index (Phi) is 8.70. The Bertz CT molecular complexity index is 797. The molecule has 0 aromatic heterocycles. The van der Waals surface area contributed by atoms with Gasteiger partial charge in [0.2, 0.25) is 0 Å². The zero-order valence-corrected chi connectivity index (χ0v) is 19.0. The highest BCUT2D eigenvalue weighted by molar-refractivity contribution is 5.46. The molecule has 0 radical (unpaired) electrons. The smallest absolute Gasteiger partial charge is 0.159 e. The molecule has 2 unspecified atom stereocenters. The van der Waals surface area contributed by atoms with Crippen molar-refractivity contribution in [1.29, 1.82) is 0 Å². The molecule has 2 aliphatic rings. The average molecular weight is 425 g/mol. The standard InChI is InChI=1S/C27H36O4/c1-5-7-8-11-22(12-9-16-28-26-15-17-29-26)27(3,4)23-13-14-25(21(18-23)10-6-2)31-20-24-19-30-24/h5-6,8,11-14,18,24,26H,1-2,7,9-10,15-17,19-20H2,3-4H3/b11-8+,22-12+. The van der Waals surface area contributed by atoms with Gasteiger partial charge in [-0.2, -0.15) is 0 Å². The monoisotopic (exact) mass is 424 g/mol. The summed E-state index contributed by atoms with van der Waals surface area (Å²) in [7, 11) is 0. The van der Waals surface area contributed by atoms with Crippen LogP contribution >= 0.6 is 0 Å². The summed E-state index contributed by atoms with van der Waals surface area (Å²) in [4.78, 5) is 0. The molecule has 2 saturated heterocycles. The minimum atomic E-state index is -0.168. The molecule has 2 fully saturated rings. The fourth-order valence-corrected chi connectivity index (χ4v) is 3.52. The van der Waals surface area contributed by atoms with Gasteiger partial charge in [0.1, 0.15) is 18.5 Å². The van der Waals surface area contributed by atoms with Crippen LogP contribution in [-0.4, -0.2) is 38.8 Å². The second kappa shape index (κ2) is 11.5. The van der Waals surface area contributed by atoms with Gasteiger partial charge in [-0.05, 0) is 42.0 Å². The van der Waals surface area contributed by atoms with Crippen molar-refractivity contribution in [3.8, 4) is 5.75 Å². The molecule has 0 bridgehead atoms. The van der Waals surface area contributed by atoms with Crippen LogP contribution in [0.2, 0.25) is 0 Å². The maximum Gasteiger partial charge on any atom is 0.159 e. The van der Waals surface area contributed by atoms with Crippen LogP contribution < -0.4 is 4.74 Å². The molecule has 168 valence electrons.